The number of ether oxygens (including phenoxy) is 1. The van der Waals surface area contributed by atoms with Crippen molar-refractivity contribution in [2.45, 2.75) is 39.7 Å². The van der Waals surface area contributed by atoms with Crippen LogP contribution in [0.2, 0.25) is 0 Å². The SMILES string of the molecule is COCCCCCNCc1c(C)nc2scc(C)n12. The van der Waals surface area contributed by atoms with Crippen molar-refractivity contribution in [3.05, 3.63) is 22.5 Å². The Morgan fingerprint density at radius 3 is 2.95 bits per heavy atom. The van der Waals surface area contributed by atoms with Gasteiger partial charge in [-0.2, -0.15) is 0 Å². The van der Waals surface area contributed by atoms with Gasteiger partial charge in [-0.3, -0.25) is 4.40 Å². The summed E-state index contributed by atoms with van der Waals surface area (Å²) >= 11 is 1.71. The molecular formula is C14H23N3OS. The van der Waals surface area contributed by atoms with Crippen molar-refractivity contribution in [1.29, 1.82) is 0 Å². The van der Waals surface area contributed by atoms with Crippen LogP contribution in [0, 0.1) is 13.8 Å². The Labute approximate surface area is 118 Å². The highest BCUT2D eigenvalue weighted by Crippen LogP contribution is 2.20. The monoisotopic (exact) mass is 281 g/mol. The molecule has 0 fully saturated rings. The number of imidazole rings is 1. The van der Waals surface area contributed by atoms with Crippen molar-refractivity contribution in [2.24, 2.45) is 0 Å². The van der Waals surface area contributed by atoms with Gasteiger partial charge in [-0.05, 0) is 39.7 Å². The first-order chi connectivity index (χ1) is 9.24. The molecule has 106 valence electrons. The number of hydrogen-bond acceptors (Lipinski definition) is 4. The van der Waals surface area contributed by atoms with E-state index in [4.69, 9.17) is 4.74 Å². The van der Waals surface area contributed by atoms with Gasteiger partial charge in [-0.15, -0.1) is 11.3 Å². The number of methoxy groups -OCH3 is 1. The first kappa shape index (κ1) is 14.5. The van der Waals surface area contributed by atoms with Crippen LogP contribution in [-0.2, 0) is 11.3 Å². The summed E-state index contributed by atoms with van der Waals surface area (Å²) in [5.74, 6) is 0. The van der Waals surface area contributed by atoms with Gasteiger partial charge in [-0.1, -0.05) is 0 Å². The van der Waals surface area contributed by atoms with E-state index in [0.29, 0.717) is 0 Å². The summed E-state index contributed by atoms with van der Waals surface area (Å²) in [4.78, 5) is 5.70. The van der Waals surface area contributed by atoms with Crippen LogP contribution in [0.4, 0.5) is 0 Å². The lowest BCUT2D eigenvalue weighted by Crippen LogP contribution is -2.17. The Hall–Kier alpha value is -0.910. The van der Waals surface area contributed by atoms with E-state index in [-0.39, 0.29) is 0 Å². The molecule has 0 aliphatic rings. The van der Waals surface area contributed by atoms with Crippen LogP contribution < -0.4 is 5.32 Å². The topological polar surface area (TPSA) is 38.6 Å². The molecule has 0 aliphatic heterocycles. The highest BCUT2D eigenvalue weighted by atomic mass is 32.1. The molecule has 0 saturated heterocycles. The lowest BCUT2D eigenvalue weighted by atomic mass is 10.2. The van der Waals surface area contributed by atoms with Crippen molar-refractivity contribution in [1.82, 2.24) is 14.7 Å². The zero-order chi connectivity index (χ0) is 13.7. The molecule has 0 aromatic carbocycles. The van der Waals surface area contributed by atoms with Crippen molar-refractivity contribution in [2.75, 3.05) is 20.3 Å². The normalized spacial score (nSPS) is 11.5. The third-order valence-corrected chi connectivity index (χ3v) is 4.27. The highest BCUT2D eigenvalue weighted by molar-refractivity contribution is 7.15. The predicted octanol–water partition coefficient (Wildman–Crippen LogP) is 2.92. The largest absolute Gasteiger partial charge is 0.385 e. The molecule has 2 heterocycles. The Balaban J connectivity index is 1.81. The van der Waals surface area contributed by atoms with Gasteiger partial charge in [0.05, 0.1) is 11.4 Å². The van der Waals surface area contributed by atoms with Gasteiger partial charge in [0.25, 0.3) is 0 Å². The summed E-state index contributed by atoms with van der Waals surface area (Å²) in [6.45, 7) is 7.05. The van der Waals surface area contributed by atoms with Crippen LogP contribution in [0.1, 0.15) is 36.3 Å². The lowest BCUT2D eigenvalue weighted by Gasteiger charge is -2.06. The van der Waals surface area contributed by atoms with Crippen LogP contribution >= 0.6 is 11.3 Å². The van der Waals surface area contributed by atoms with E-state index in [9.17, 15) is 0 Å². The molecule has 0 amide bonds. The minimum atomic E-state index is 0.871. The molecule has 4 nitrogen and oxygen atoms in total. The summed E-state index contributed by atoms with van der Waals surface area (Å²) in [6, 6.07) is 0. The third-order valence-electron chi connectivity index (χ3n) is 3.32. The number of hydrogen-bond donors (Lipinski definition) is 1. The average Bonchev–Trinajstić information content (AvgIpc) is 2.89. The smallest absolute Gasteiger partial charge is 0.194 e. The number of nitrogens with one attached hydrogen (secondary N) is 1. The maximum Gasteiger partial charge on any atom is 0.194 e. The predicted molar refractivity (Wildman–Crippen MR) is 80.0 cm³/mol. The van der Waals surface area contributed by atoms with E-state index >= 15 is 0 Å². The Morgan fingerprint density at radius 1 is 1.32 bits per heavy atom. The van der Waals surface area contributed by atoms with E-state index in [0.717, 1.165) is 36.8 Å². The van der Waals surface area contributed by atoms with Crippen LogP contribution in [0.5, 0.6) is 0 Å². The Kier molecular flexibility index (Phi) is 5.36. The van der Waals surface area contributed by atoms with E-state index in [1.807, 2.05) is 0 Å². The Bertz CT molecular complexity index is 518. The molecule has 0 unspecified atom stereocenters. The first-order valence-corrected chi connectivity index (χ1v) is 7.73. The first-order valence-electron chi connectivity index (χ1n) is 6.85. The second kappa shape index (κ2) is 7.03. The fourth-order valence-corrected chi connectivity index (χ4v) is 3.19. The van der Waals surface area contributed by atoms with Crippen molar-refractivity contribution < 1.29 is 4.74 Å². The van der Waals surface area contributed by atoms with Gasteiger partial charge in [0.1, 0.15) is 0 Å². The molecule has 2 aromatic rings. The molecule has 19 heavy (non-hydrogen) atoms. The Morgan fingerprint density at radius 2 is 2.16 bits per heavy atom. The minimum absolute atomic E-state index is 0.871. The van der Waals surface area contributed by atoms with Gasteiger partial charge in [-0.25, -0.2) is 4.98 Å². The molecule has 0 bridgehead atoms. The minimum Gasteiger partial charge on any atom is -0.385 e. The number of nitrogens with zero attached hydrogens (tertiary/aromatic N) is 2. The fraction of sp³-hybridized carbons (Fsp3) is 0.643. The molecule has 5 heteroatoms. The van der Waals surface area contributed by atoms with E-state index < -0.39 is 0 Å². The summed E-state index contributed by atoms with van der Waals surface area (Å²) in [5, 5.41) is 5.68. The summed E-state index contributed by atoms with van der Waals surface area (Å²) in [7, 11) is 1.76. The van der Waals surface area contributed by atoms with Crippen LogP contribution in [0.15, 0.2) is 5.38 Å². The maximum atomic E-state index is 5.04. The molecule has 0 radical (unpaired) electrons. The molecule has 1 N–H and O–H groups in total. The van der Waals surface area contributed by atoms with Crippen LogP contribution in [-0.4, -0.2) is 29.6 Å². The van der Waals surface area contributed by atoms with E-state index in [1.165, 1.54) is 24.2 Å². The van der Waals surface area contributed by atoms with Gasteiger partial charge < -0.3 is 10.1 Å². The van der Waals surface area contributed by atoms with Crippen LogP contribution in [0.3, 0.4) is 0 Å². The van der Waals surface area contributed by atoms with Crippen LogP contribution in [0.25, 0.3) is 4.96 Å². The zero-order valence-corrected chi connectivity index (χ0v) is 12.8. The number of unbranched alkanes of at least 4 members (excludes halogenated alkanes) is 2. The van der Waals surface area contributed by atoms with Crippen molar-refractivity contribution >= 4 is 16.3 Å². The van der Waals surface area contributed by atoms with E-state index in [2.05, 4.69) is 33.9 Å². The number of fused-ring (bicyclic) bond motifs is 1. The standard InChI is InChI=1S/C14H23N3OS/c1-11-10-19-14-16-12(2)13(17(11)14)9-15-7-5-4-6-8-18-3/h10,15H,4-9H2,1-3H3. The van der Waals surface area contributed by atoms with Gasteiger partial charge in [0.15, 0.2) is 4.96 Å². The molecular weight excluding hydrogens is 258 g/mol. The summed E-state index contributed by atoms with van der Waals surface area (Å²) < 4.78 is 7.31. The van der Waals surface area contributed by atoms with Gasteiger partial charge in [0.2, 0.25) is 0 Å². The summed E-state index contributed by atoms with van der Waals surface area (Å²) in [5.41, 5.74) is 3.71. The highest BCUT2D eigenvalue weighted by Gasteiger charge is 2.11. The average molecular weight is 281 g/mol. The second-order valence-electron chi connectivity index (χ2n) is 4.87. The summed E-state index contributed by atoms with van der Waals surface area (Å²) in [6.07, 6.45) is 3.57. The lowest BCUT2D eigenvalue weighted by molar-refractivity contribution is 0.192. The maximum absolute atomic E-state index is 5.04. The molecule has 0 atom stereocenters. The van der Waals surface area contributed by atoms with Gasteiger partial charge in [0, 0.05) is 31.3 Å². The fourth-order valence-electron chi connectivity index (χ4n) is 2.26. The number of thiazole rings is 1. The van der Waals surface area contributed by atoms with Crippen molar-refractivity contribution in [3.63, 3.8) is 0 Å². The second-order valence-corrected chi connectivity index (χ2v) is 5.71. The number of rotatable bonds is 8. The number of aryl methyl sites for hydroxylation is 2. The molecule has 0 aliphatic carbocycles. The molecule has 0 spiro atoms. The molecule has 2 rings (SSSR count). The third kappa shape index (κ3) is 3.55. The number of aromatic nitrogens is 2. The quantitative estimate of drug-likeness (QED) is 0.756. The van der Waals surface area contributed by atoms with Gasteiger partial charge >= 0.3 is 0 Å². The zero-order valence-electron chi connectivity index (χ0n) is 12.0. The van der Waals surface area contributed by atoms with E-state index in [1.54, 1.807) is 18.4 Å². The molecule has 2 aromatic heterocycles. The molecule has 0 saturated carbocycles. The van der Waals surface area contributed by atoms with Crippen molar-refractivity contribution in [3.8, 4) is 0 Å².